The molecule has 25 heavy (non-hydrogen) atoms. The minimum absolute atomic E-state index is 0.203. The van der Waals surface area contributed by atoms with E-state index in [0.717, 1.165) is 5.56 Å². The van der Waals surface area contributed by atoms with E-state index < -0.39 is 0 Å². The van der Waals surface area contributed by atoms with Gasteiger partial charge in [0.05, 0.1) is 40.9 Å². The zero-order valence-electron chi connectivity index (χ0n) is 13.6. The summed E-state index contributed by atoms with van der Waals surface area (Å²) in [5.74, 6) is 1.06. The minimum atomic E-state index is -0.296. The van der Waals surface area contributed by atoms with Crippen LogP contribution >= 0.6 is 35.4 Å². The molecular formula is C17H14Cl2N2O3S. The molecule has 0 spiro atoms. The standard InChI is InChI=1S/C17H14Cl2N2O3S/c1-8-4-9-12(6-14(8)23-2)20-17(25)21(16(9)22)13-7-15(24-3)11(19)5-10(13)18/h4-7H,1-3H3,(H,20,25). The highest BCUT2D eigenvalue weighted by Crippen LogP contribution is 2.33. The van der Waals surface area contributed by atoms with Crippen LogP contribution in [-0.4, -0.2) is 23.8 Å². The van der Waals surface area contributed by atoms with Crippen molar-refractivity contribution in [2.24, 2.45) is 0 Å². The largest absolute Gasteiger partial charge is 0.496 e. The van der Waals surface area contributed by atoms with Crippen LogP contribution in [0.3, 0.4) is 0 Å². The SMILES string of the molecule is COc1cc2[nH]c(=S)n(-c3cc(OC)c(Cl)cc3Cl)c(=O)c2cc1C. The van der Waals surface area contributed by atoms with Gasteiger partial charge in [0.15, 0.2) is 4.77 Å². The van der Waals surface area contributed by atoms with Crippen LogP contribution in [0.5, 0.6) is 11.5 Å². The number of methoxy groups -OCH3 is 2. The van der Waals surface area contributed by atoms with Crippen molar-refractivity contribution in [3.8, 4) is 17.2 Å². The molecule has 3 aromatic rings. The number of benzene rings is 2. The van der Waals surface area contributed by atoms with E-state index in [1.165, 1.54) is 17.7 Å². The molecule has 1 aromatic heterocycles. The normalized spacial score (nSPS) is 10.9. The third kappa shape index (κ3) is 3.01. The van der Waals surface area contributed by atoms with E-state index in [-0.39, 0.29) is 15.4 Å². The van der Waals surface area contributed by atoms with Crippen molar-refractivity contribution >= 4 is 46.3 Å². The van der Waals surface area contributed by atoms with E-state index in [1.54, 1.807) is 25.3 Å². The Balaban J connectivity index is 2.39. The lowest BCUT2D eigenvalue weighted by atomic mass is 10.1. The molecule has 130 valence electrons. The molecule has 0 amide bonds. The monoisotopic (exact) mass is 396 g/mol. The summed E-state index contributed by atoms with van der Waals surface area (Å²) in [6, 6.07) is 6.59. The molecule has 2 aromatic carbocycles. The molecule has 1 N–H and O–H groups in total. The summed E-state index contributed by atoms with van der Waals surface area (Å²) in [5, 5.41) is 1.11. The number of hydrogen-bond donors (Lipinski definition) is 1. The Labute approximate surface area is 158 Å². The second-order valence-corrected chi connectivity index (χ2v) is 6.58. The Hall–Kier alpha value is -2.02. The van der Waals surface area contributed by atoms with Crippen LogP contribution in [0.1, 0.15) is 5.56 Å². The van der Waals surface area contributed by atoms with Crippen molar-refractivity contribution in [1.82, 2.24) is 9.55 Å². The number of rotatable bonds is 3. The molecule has 0 bridgehead atoms. The van der Waals surface area contributed by atoms with Crippen LogP contribution in [0.25, 0.3) is 16.6 Å². The zero-order valence-corrected chi connectivity index (χ0v) is 16.0. The molecule has 3 rings (SSSR count). The second kappa shape index (κ2) is 6.71. The van der Waals surface area contributed by atoms with Crippen LogP contribution in [-0.2, 0) is 0 Å². The Morgan fingerprint density at radius 1 is 1.04 bits per heavy atom. The molecule has 0 fully saturated rings. The average Bonchev–Trinajstić information content (AvgIpc) is 2.57. The molecular weight excluding hydrogens is 383 g/mol. The van der Waals surface area contributed by atoms with E-state index in [9.17, 15) is 4.79 Å². The van der Waals surface area contributed by atoms with Gasteiger partial charge < -0.3 is 14.5 Å². The predicted molar refractivity (Wildman–Crippen MR) is 103 cm³/mol. The van der Waals surface area contributed by atoms with Gasteiger partial charge in [0.2, 0.25) is 0 Å². The Morgan fingerprint density at radius 3 is 2.36 bits per heavy atom. The van der Waals surface area contributed by atoms with E-state index in [2.05, 4.69) is 4.98 Å². The van der Waals surface area contributed by atoms with Gasteiger partial charge in [0, 0.05) is 12.1 Å². The van der Waals surface area contributed by atoms with E-state index >= 15 is 0 Å². The van der Waals surface area contributed by atoms with Gasteiger partial charge in [0.25, 0.3) is 5.56 Å². The Kier molecular flexibility index (Phi) is 4.77. The number of ether oxygens (including phenoxy) is 2. The maximum atomic E-state index is 13.0. The highest BCUT2D eigenvalue weighted by Gasteiger charge is 2.15. The van der Waals surface area contributed by atoms with Gasteiger partial charge in [-0.25, -0.2) is 0 Å². The number of fused-ring (bicyclic) bond motifs is 1. The average molecular weight is 397 g/mol. The van der Waals surface area contributed by atoms with Crippen LogP contribution < -0.4 is 15.0 Å². The van der Waals surface area contributed by atoms with Crippen molar-refractivity contribution in [3.63, 3.8) is 0 Å². The van der Waals surface area contributed by atoms with Gasteiger partial charge in [-0.3, -0.25) is 9.36 Å². The first-order chi connectivity index (χ1) is 11.9. The van der Waals surface area contributed by atoms with E-state index in [1.807, 2.05) is 6.92 Å². The summed E-state index contributed by atoms with van der Waals surface area (Å²) in [6.07, 6.45) is 0. The highest BCUT2D eigenvalue weighted by atomic mass is 35.5. The number of aromatic nitrogens is 2. The summed E-state index contributed by atoms with van der Waals surface area (Å²) in [5.41, 5.74) is 1.52. The predicted octanol–water partition coefficient (Wildman–Crippen LogP) is 4.68. The quantitative estimate of drug-likeness (QED) is 0.652. The number of hydrogen-bond acceptors (Lipinski definition) is 4. The van der Waals surface area contributed by atoms with Gasteiger partial charge in [-0.1, -0.05) is 23.2 Å². The van der Waals surface area contributed by atoms with Crippen LogP contribution in [0.2, 0.25) is 10.0 Å². The second-order valence-electron chi connectivity index (χ2n) is 5.38. The summed E-state index contributed by atoms with van der Waals surface area (Å²) in [7, 11) is 3.06. The lowest BCUT2D eigenvalue weighted by molar-refractivity contribution is 0.412. The summed E-state index contributed by atoms with van der Waals surface area (Å²) >= 11 is 17.7. The molecule has 0 radical (unpaired) electrons. The number of nitrogens with zero attached hydrogens (tertiary/aromatic N) is 1. The third-order valence-corrected chi connectivity index (χ3v) is 4.76. The lowest BCUT2D eigenvalue weighted by Gasteiger charge is -2.13. The lowest BCUT2D eigenvalue weighted by Crippen LogP contribution is -2.21. The molecule has 0 aliphatic rings. The molecule has 0 unspecified atom stereocenters. The molecule has 5 nitrogen and oxygen atoms in total. The zero-order chi connectivity index (χ0) is 18.3. The Bertz CT molecular complexity index is 1110. The van der Waals surface area contributed by atoms with E-state index in [4.69, 9.17) is 44.9 Å². The van der Waals surface area contributed by atoms with Crippen molar-refractivity contribution in [2.45, 2.75) is 6.92 Å². The molecule has 0 atom stereocenters. The van der Waals surface area contributed by atoms with Gasteiger partial charge in [-0.15, -0.1) is 0 Å². The highest BCUT2D eigenvalue weighted by molar-refractivity contribution is 7.71. The molecule has 0 aliphatic carbocycles. The number of aromatic amines is 1. The van der Waals surface area contributed by atoms with Gasteiger partial charge >= 0.3 is 0 Å². The molecule has 0 aliphatic heterocycles. The fraction of sp³-hybridized carbons (Fsp3) is 0.176. The van der Waals surface area contributed by atoms with Crippen molar-refractivity contribution in [1.29, 1.82) is 0 Å². The number of H-pyrrole nitrogens is 1. The first-order valence-corrected chi connectivity index (χ1v) is 8.41. The van der Waals surface area contributed by atoms with Crippen molar-refractivity contribution < 1.29 is 9.47 Å². The van der Waals surface area contributed by atoms with Crippen LogP contribution in [0.4, 0.5) is 0 Å². The Morgan fingerprint density at radius 2 is 1.72 bits per heavy atom. The molecule has 0 saturated heterocycles. The summed E-state index contributed by atoms with van der Waals surface area (Å²) in [6.45, 7) is 1.86. The van der Waals surface area contributed by atoms with Crippen LogP contribution in [0, 0.1) is 11.7 Å². The topological polar surface area (TPSA) is 56.2 Å². The smallest absolute Gasteiger partial charge is 0.266 e. The van der Waals surface area contributed by atoms with Gasteiger partial charge in [-0.05, 0) is 36.8 Å². The number of aryl methyl sites for hydroxylation is 1. The number of nitrogens with one attached hydrogen (secondary N) is 1. The molecule has 0 saturated carbocycles. The summed E-state index contributed by atoms with van der Waals surface area (Å²) < 4.78 is 12.0. The first kappa shape index (κ1) is 17.8. The van der Waals surface area contributed by atoms with Gasteiger partial charge in [0.1, 0.15) is 11.5 Å². The van der Waals surface area contributed by atoms with Crippen molar-refractivity contribution in [2.75, 3.05) is 14.2 Å². The van der Waals surface area contributed by atoms with Gasteiger partial charge in [-0.2, -0.15) is 0 Å². The fourth-order valence-electron chi connectivity index (χ4n) is 2.64. The number of halogens is 2. The molecule has 8 heteroatoms. The van der Waals surface area contributed by atoms with E-state index in [0.29, 0.717) is 33.1 Å². The van der Waals surface area contributed by atoms with Crippen LogP contribution in [0.15, 0.2) is 29.1 Å². The first-order valence-electron chi connectivity index (χ1n) is 7.24. The summed E-state index contributed by atoms with van der Waals surface area (Å²) in [4.78, 5) is 16.1. The van der Waals surface area contributed by atoms with Crippen molar-refractivity contribution in [3.05, 3.63) is 55.0 Å². The minimum Gasteiger partial charge on any atom is -0.496 e. The molecule has 1 heterocycles. The fourth-order valence-corrected chi connectivity index (χ4v) is 3.47. The maximum absolute atomic E-state index is 13.0. The third-order valence-electron chi connectivity index (χ3n) is 3.88. The maximum Gasteiger partial charge on any atom is 0.266 e.